The summed E-state index contributed by atoms with van der Waals surface area (Å²) in [5.41, 5.74) is 0.590. The third kappa shape index (κ3) is 4.29. The van der Waals surface area contributed by atoms with E-state index in [1.54, 1.807) is 24.1 Å². The molecular weight excluding hydrogens is 282 g/mol. The van der Waals surface area contributed by atoms with Gasteiger partial charge in [-0.1, -0.05) is 0 Å². The van der Waals surface area contributed by atoms with Crippen molar-refractivity contribution in [2.75, 3.05) is 20.2 Å². The number of carbonyl (C=O) groups is 1. The van der Waals surface area contributed by atoms with Crippen LogP contribution in [0.4, 0.5) is 4.79 Å². The van der Waals surface area contributed by atoms with Gasteiger partial charge in [0.1, 0.15) is 17.1 Å². The van der Waals surface area contributed by atoms with E-state index < -0.39 is 5.60 Å². The van der Waals surface area contributed by atoms with Gasteiger partial charge in [0.2, 0.25) is 0 Å². The van der Waals surface area contributed by atoms with Crippen LogP contribution in [0.25, 0.3) is 0 Å². The topological polar surface area (TPSA) is 59.0 Å². The Morgan fingerprint density at radius 1 is 1.23 bits per heavy atom. The Morgan fingerprint density at radius 3 is 2.41 bits per heavy atom. The summed E-state index contributed by atoms with van der Waals surface area (Å²) in [4.78, 5) is 13.8. The molecule has 1 heterocycles. The van der Waals surface area contributed by atoms with Crippen molar-refractivity contribution in [3.8, 4) is 11.5 Å². The first-order valence-corrected chi connectivity index (χ1v) is 7.64. The highest BCUT2D eigenvalue weighted by molar-refractivity contribution is 5.68. The Hall–Kier alpha value is -1.91. The Balaban J connectivity index is 1.97. The third-order valence-electron chi connectivity index (χ3n) is 3.77. The van der Waals surface area contributed by atoms with Gasteiger partial charge in [0.25, 0.3) is 0 Å². The van der Waals surface area contributed by atoms with E-state index in [1.165, 1.54) is 0 Å². The molecule has 22 heavy (non-hydrogen) atoms. The Bertz CT molecular complexity index is 528. The van der Waals surface area contributed by atoms with Crippen LogP contribution >= 0.6 is 0 Å². The fourth-order valence-corrected chi connectivity index (χ4v) is 2.68. The number of likely N-dealkylation sites (tertiary alicyclic amines) is 1. The van der Waals surface area contributed by atoms with E-state index >= 15 is 0 Å². The first kappa shape index (κ1) is 16.5. The molecule has 0 unspecified atom stereocenters. The number of piperidine rings is 1. The van der Waals surface area contributed by atoms with Gasteiger partial charge in [-0.15, -0.1) is 0 Å². The lowest BCUT2D eigenvalue weighted by Gasteiger charge is -2.33. The molecule has 1 aromatic carbocycles. The number of phenolic OH excluding ortho intramolecular Hbond substituents is 1. The maximum absolute atomic E-state index is 12.1. The van der Waals surface area contributed by atoms with Crippen molar-refractivity contribution in [1.82, 2.24) is 4.90 Å². The summed E-state index contributed by atoms with van der Waals surface area (Å²) in [6, 6.07) is 5.32. The summed E-state index contributed by atoms with van der Waals surface area (Å²) < 4.78 is 10.6. The molecule has 0 bridgehead atoms. The molecule has 0 atom stereocenters. The third-order valence-corrected chi connectivity index (χ3v) is 3.77. The number of hydrogen-bond donors (Lipinski definition) is 1. The van der Waals surface area contributed by atoms with Gasteiger partial charge in [0.05, 0.1) is 7.11 Å². The van der Waals surface area contributed by atoms with Crippen molar-refractivity contribution in [3.05, 3.63) is 23.8 Å². The van der Waals surface area contributed by atoms with E-state index in [9.17, 15) is 9.90 Å². The molecule has 1 fully saturated rings. The SMILES string of the molecule is COc1cc(O)cc(C2CCN(C(=O)OC(C)(C)C)CC2)c1. The molecule has 0 radical (unpaired) electrons. The van der Waals surface area contributed by atoms with Crippen molar-refractivity contribution >= 4 is 6.09 Å². The summed E-state index contributed by atoms with van der Waals surface area (Å²) >= 11 is 0. The lowest BCUT2D eigenvalue weighted by Crippen LogP contribution is -2.41. The number of phenols is 1. The zero-order valence-electron chi connectivity index (χ0n) is 13.8. The Morgan fingerprint density at radius 2 is 1.86 bits per heavy atom. The van der Waals surface area contributed by atoms with Crippen molar-refractivity contribution in [1.29, 1.82) is 0 Å². The van der Waals surface area contributed by atoms with E-state index in [0.29, 0.717) is 24.8 Å². The summed E-state index contributed by atoms with van der Waals surface area (Å²) in [6.07, 6.45) is 1.46. The second-order valence-electron chi connectivity index (χ2n) is 6.71. The van der Waals surface area contributed by atoms with E-state index in [-0.39, 0.29) is 11.8 Å². The van der Waals surface area contributed by atoms with Crippen molar-refractivity contribution in [3.63, 3.8) is 0 Å². The van der Waals surface area contributed by atoms with Crippen LogP contribution < -0.4 is 4.74 Å². The molecule has 1 aromatic rings. The zero-order valence-corrected chi connectivity index (χ0v) is 13.8. The number of aromatic hydroxyl groups is 1. The van der Waals surface area contributed by atoms with Crippen LogP contribution in [0, 0.1) is 0 Å². The Labute approximate surface area is 131 Å². The van der Waals surface area contributed by atoms with Gasteiger partial charge < -0.3 is 19.5 Å². The van der Waals surface area contributed by atoms with Crippen LogP contribution in [0.3, 0.4) is 0 Å². The van der Waals surface area contributed by atoms with Gasteiger partial charge in [-0.3, -0.25) is 0 Å². The van der Waals surface area contributed by atoms with Crippen LogP contribution in [0.5, 0.6) is 11.5 Å². The quantitative estimate of drug-likeness (QED) is 0.908. The molecule has 1 saturated heterocycles. The van der Waals surface area contributed by atoms with Crippen LogP contribution in [0.2, 0.25) is 0 Å². The average Bonchev–Trinajstić information content (AvgIpc) is 2.45. The van der Waals surface area contributed by atoms with Crippen LogP contribution in [0.1, 0.15) is 45.1 Å². The summed E-state index contributed by atoms with van der Waals surface area (Å²) in [5.74, 6) is 1.19. The van der Waals surface area contributed by atoms with Crippen molar-refractivity contribution < 1.29 is 19.4 Å². The van der Waals surface area contributed by atoms with Crippen LogP contribution in [-0.4, -0.2) is 41.9 Å². The highest BCUT2D eigenvalue weighted by Crippen LogP contribution is 2.33. The average molecular weight is 307 g/mol. The molecule has 0 aromatic heterocycles. The number of ether oxygens (including phenoxy) is 2. The number of hydrogen-bond acceptors (Lipinski definition) is 4. The molecule has 1 aliphatic heterocycles. The van der Waals surface area contributed by atoms with Crippen LogP contribution in [0.15, 0.2) is 18.2 Å². The van der Waals surface area contributed by atoms with Crippen molar-refractivity contribution in [2.45, 2.75) is 45.1 Å². The minimum absolute atomic E-state index is 0.212. The minimum atomic E-state index is -0.466. The second kappa shape index (κ2) is 6.46. The molecule has 0 aliphatic carbocycles. The molecule has 0 spiro atoms. The van der Waals surface area contributed by atoms with Crippen molar-refractivity contribution in [2.24, 2.45) is 0 Å². The van der Waals surface area contributed by atoms with Crippen LogP contribution in [-0.2, 0) is 4.74 Å². The van der Waals surface area contributed by atoms with E-state index in [0.717, 1.165) is 18.4 Å². The number of carbonyl (C=O) groups excluding carboxylic acids is 1. The maximum atomic E-state index is 12.1. The van der Waals surface area contributed by atoms with Gasteiger partial charge in [-0.25, -0.2) is 4.79 Å². The van der Waals surface area contributed by atoms with Gasteiger partial charge in [-0.05, 0) is 57.2 Å². The molecule has 5 heteroatoms. The molecule has 2 rings (SSSR count). The molecule has 5 nitrogen and oxygen atoms in total. The summed E-state index contributed by atoms with van der Waals surface area (Å²) in [5, 5.41) is 9.76. The first-order valence-electron chi connectivity index (χ1n) is 7.64. The molecule has 1 aliphatic rings. The van der Waals surface area contributed by atoms with E-state index in [4.69, 9.17) is 9.47 Å². The molecule has 1 amide bonds. The second-order valence-corrected chi connectivity index (χ2v) is 6.71. The highest BCUT2D eigenvalue weighted by atomic mass is 16.6. The maximum Gasteiger partial charge on any atom is 0.410 e. The van der Waals surface area contributed by atoms with Gasteiger partial charge >= 0.3 is 6.09 Å². The standard InChI is InChI=1S/C17H25NO4/c1-17(2,3)22-16(20)18-7-5-12(6-8-18)13-9-14(19)11-15(10-13)21-4/h9-12,19H,5-8H2,1-4H3. The summed E-state index contributed by atoms with van der Waals surface area (Å²) in [7, 11) is 1.59. The number of rotatable bonds is 2. The fourth-order valence-electron chi connectivity index (χ4n) is 2.68. The molecule has 0 saturated carbocycles. The fraction of sp³-hybridized carbons (Fsp3) is 0.588. The Kier molecular flexibility index (Phi) is 4.84. The number of amides is 1. The normalized spacial score (nSPS) is 16.5. The predicted octanol–water partition coefficient (Wildman–Crippen LogP) is 3.52. The predicted molar refractivity (Wildman–Crippen MR) is 84.4 cm³/mol. The summed E-state index contributed by atoms with van der Waals surface area (Å²) in [6.45, 7) is 6.94. The number of nitrogens with zero attached hydrogens (tertiary/aromatic N) is 1. The molecular formula is C17H25NO4. The lowest BCUT2D eigenvalue weighted by molar-refractivity contribution is 0.0204. The monoisotopic (exact) mass is 307 g/mol. The minimum Gasteiger partial charge on any atom is -0.508 e. The zero-order chi connectivity index (χ0) is 16.3. The molecule has 1 N–H and O–H groups in total. The largest absolute Gasteiger partial charge is 0.508 e. The van der Waals surface area contributed by atoms with E-state index in [1.807, 2.05) is 26.8 Å². The van der Waals surface area contributed by atoms with E-state index in [2.05, 4.69) is 0 Å². The number of methoxy groups -OCH3 is 1. The van der Waals surface area contributed by atoms with Gasteiger partial charge in [0, 0.05) is 19.2 Å². The lowest BCUT2D eigenvalue weighted by atomic mass is 9.89. The van der Waals surface area contributed by atoms with Gasteiger partial charge in [0.15, 0.2) is 0 Å². The molecule has 122 valence electrons. The first-order chi connectivity index (χ1) is 10.3. The van der Waals surface area contributed by atoms with Gasteiger partial charge in [-0.2, -0.15) is 0 Å². The smallest absolute Gasteiger partial charge is 0.410 e. The number of benzene rings is 1. The highest BCUT2D eigenvalue weighted by Gasteiger charge is 2.27.